The van der Waals surface area contributed by atoms with E-state index in [0.29, 0.717) is 27.9 Å². The van der Waals surface area contributed by atoms with Crippen molar-refractivity contribution in [2.75, 3.05) is 0 Å². The van der Waals surface area contributed by atoms with Crippen LogP contribution in [-0.4, -0.2) is 15.1 Å². The minimum atomic E-state index is -0.854. The molecule has 3 rings (SSSR count). The van der Waals surface area contributed by atoms with Crippen molar-refractivity contribution in [1.29, 1.82) is 0 Å². The summed E-state index contributed by atoms with van der Waals surface area (Å²) in [6.07, 6.45) is 0.632. The number of nitrogens with one attached hydrogen (secondary N) is 2. The summed E-state index contributed by atoms with van der Waals surface area (Å²) in [5.41, 5.74) is 0.787. The summed E-state index contributed by atoms with van der Waals surface area (Å²) in [5.74, 6) is 0.706. The van der Waals surface area contributed by atoms with Crippen LogP contribution in [0.15, 0.2) is 44.5 Å². The monoisotopic (exact) mass is 272 g/mol. The Morgan fingerprint density at radius 1 is 1.05 bits per heavy atom. The number of aliphatic hydroxyl groups is 1. The van der Waals surface area contributed by atoms with Gasteiger partial charge in [-0.2, -0.15) is 0 Å². The molecule has 1 aromatic carbocycles. The van der Waals surface area contributed by atoms with Crippen LogP contribution in [0, 0.1) is 6.92 Å². The molecule has 3 N–H and O–H groups in total. The summed E-state index contributed by atoms with van der Waals surface area (Å²) in [6, 6.07) is 6.69. The molecule has 0 fully saturated rings. The van der Waals surface area contributed by atoms with E-state index in [4.69, 9.17) is 4.42 Å². The van der Waals surface area contributed by atoms with Gasteiger partial charge in [0.25, 0.3) is 0 Å². The zero-order valence-electron chi connectivity index (χ0n) is 10.6. The summed E-state index contributed by atoms with van der Waals surface area (Å²) in [4.78, 5) is 27.5. The Kier molecular flexibility index (Phi) is 2.80. The summed E-state index contributed by atoms with van der Waals surface area (Å²) in [6.45, 7) is 1.79. The van der Waals surface area contributed by atoms with Gasteiger partial charge in [0.1, 0.15) is 11.9 Å². The molecular weight excluding hydrogens is 260 g/mol. The summed E-state index contributed by atoms with van der Waals surface area (Å²) in [5, 5.41) is 10.3. The zero-order valence-corrected chi connectivity index (χ0v) is 10.6. The smallest absolute Gasteiger partial charge is 0.314 e. The van der Waals surface area contributed by atoms with Crippen molar-refractivity contribution in [2.24, 2.45) is 0 Å². The van der Waals surface area contributed by atoms with Gasteiger partial charge in [0.05, 0.1) is 17.3 Å². The summed E-state index contributed by atoms with van der Waals surface area (Å²) < 4.78 is 5.16. The number of hydrogen-bond donors (Lipinski definition) is 3. The van der Waals surface area contributed by atoms with Crippen molar-refractivity contribution >= 4 is 11.0 Å². The summed E-state index contributed by atoms with van der Waals surface area (Å²) >= 11 is 0. The third-order valence-electron chi connectivity index (χ3n) is 3.13. The van der Waals surface area contributed by atoms with Gasteiger partial charge in [-0.3, -0.25) is 9.59 Å². The number of hydrogen-bond acceptors (Lipinski definition) is 4. The predicted octanol–water partition coefficient (Wildman–Crippen LogP) is 1.20. The quantitative estimate of drug-likeness (QED) is 0.610. The molecule has 3 aromatic rings. The highest BCUT2D eigenvalue weighted by atomic mass is 16.3. The average Bonchev–Trinajstić information content (AvgIpc) is 2.85. The molecule has 0 saturated carbocycles. The molecule has 1 unspecified atom stereocenters. The number of aromatic nitrogens is 2. The van der Waals surface area contributed by atoms with Gasteiger partial charge in [0, 0.05) is 5.56 Å². The molecule has 0 radical (unpaired) electrons. The first-order valence-corrected chi connectivity index (χ1v) is 6.04. The van der Waals surface area contributed by atoms with Crippen molar-refractivity contribution in [3.05, 3.63) is 68.1 Å². The standard InChI is InChI=1S/C14H12N2O4/c1-7-4-9(6-20-7)12(17)8-2-3-10-11(5-8)16-14(19)13(18)15-10/h2-6,12,17H,1H3,(H,15,18)(H,16,19). The minimum absolute atomic E-state index is 0.464. The van der Waals surface area contributed by atoms with E-state index in [0.717, 1.165) is 0 Å². The Hall–Kier alpha value is -2.60. The molecular formula is C14H12N2O4. The highest BCUT2D eigenvalue weighted by molar-refractivity contribution is 5.74. The number of fused-ring (bicyclic) bond motifs is 1. The molecule has 0 aliphatic heterocycles. The fraction of sp³-hybridized carbons (Fsp3) is 0.143. The molecule has 0 amide bonds. The topological polar surface area (TPSA) is 99.1 Å². The van der Waals surface area contributed by atoms with Crippen molar-refractivity contribution in [3.63, 3.8) is 0 Å². The van der Waals surface area contributed by atoms with Crippen LogP contribution >= 0.6 is 0 Å². The summed E-state index contributed by atoms with van der Waals surface area (Å²) in [7, 11) is 0. The van der Waals surface area contributed by atoms with E-state index in [1.807, 2.05) is 0 Å². The Morgan fingerprint density at radius 3 is 2.40 bits per heavy atom. The van der Waals surface area contributed by atoms with Gasteiger partial charge in [-0.25, -0.2) is 0 Å². The minimum Gasteiger partial charge on any atom is -0.469 e. The molecule has 2 heterocycles. The van der Waals surface area contributed by atoms with Gasteiger partial charge < -0.3 is 19.5 Å². The predicted molar refractivity (Wildman–Crippen MR) is 72.7 cm³/mol. The van der Waals surface area contributed by atoms with E-state index in [-0.39, 0.29) is 0 Å². The SMILES string of the molecule is Cc1cc(C(O)c2ccc3[nH]c(=O)c(=O)[nH]c3c2)co1. The number of H-pyrrole nitrogens is 2. The van der Waals surface area contributed by atoms with Crippen LogP contribution in [0.4, 0.5) is 0 Å². The van der Waals surface area contributed by atoms with Crippen molar-refractivity contribution < 1.29 is 9.52 Å². The van der Waals surface area contributed by atoms with Gasteiger partial charge in [0.2, 0.25) is 0 Å². The maximum absolute atomic E-state index is 11.3. The molecule has 6 heteroatoms. The normalized spacial score (nSPS) is 12.7. The first-order valence-electron chi connectivity index (χ1n) is 6.04. The van der Waals surface area contributed by atoms with E-state index >= 15 is 0 Å². The van der Waals surface area contributed by atoms with E-state index in [1.54, 1.807) is 31.2 Å². The van der Waals surface area contributed by atoms with Crippen molar-refractivity contribution in [3.8, 4) is 0 Å². The molecule has 0 saturated heterocycles. The van der Waals surface area contributed by atoms with Crippen LogP contribution in [0.3, 0.4) is 0 Å². The molecule has 0 aliphatic rings. The largest absolute Gasteiger partial charge is 0.469 e. The highest BCUT2D eigenvalue weighted by Crippen LogP contribution is 2.25. The van der Waals surface area contributed by atoms with Gasteiger partial charge in [-0.1, -0.05) is 6.07 Å². The first kappa shape index (κ1) is 12.4. The molecule has 6 nitrogen and oxygen atoms in total. The van der Waals surface area contributed by atoms with Crippen molar-refractivity contribution in [1.82, 2.24) is 9.97 Å². The lowest BCUT2D eigenvalue weighted by molar-refractivity contribution is 0.219. The Balaban J connectivity index is 2.11. The number of rotatable bonds is 2. The van der Waals surface area contributed by atoms with Crippen molar-refractivity contribution in [2.45, 2.75) is 13.0 Å². The first-order chi connectivity index (χ1) is 9.54. The third-order valence-corrected chi connectivity index (χ3v) is 3.13. The van der Waals surface area contributed by atoms with E-state index < -0.39 is 17.2 Å². The lowest BCUT2D eigenvalue weighted by Crippen LogP contribution is -2.28. The van der Waals surface area contributed by atoms with Gasteiger partial charge in [-0.15, -0.1) is 0 Å². The van der Waals surface area contributed by atoms with E-state index in [9.17, 15) is 14.7 Å². The third kappa shape index (κ3) is 2.06. The lowest BCUT2D eigenvalue weighted by atomic mass is 10.0. The molecule has 2 aromatic heterocycles. The number of aromatic amines is 2. The second-order valence-corrected chi connectivity index (χ2v) is 4.61. The molecule has 0 spiro atoms. The molecule has 102 valence electrons. The van der Waals surface area contributed by atoms with Gasteiger partial charge in [-0.05, 0) is 30.7 Å². The zero-order chi connectivity index (χ0) is 14.3. The number of aliphatic hydroxyl groups excluding tert-OH is 1. The molecule has 1 atom stereocenters. The fourth-order valence-corrected chi connectivity index (χ4v) is 2.10. The maximum Gasteiger partial charge on any atom is 0.314 e. The number of benzene rings is 1. The molecule has 0 bridgehead atoms. The second-order valence-electron chi connectivity index (χ2n) is 4.61. The van der Waals surface area contributed by atoms with E-state index in [1.165, 1.54) is 6.26 Å². The Bertz CT molecular complexity index is 888. The van der Waals surface area contributed by atoms with Crippen LogP contribution in [0.2, 0.25) is 0 Å². The Morgan fingerprint density at radius 2 is 1.75 bits per heavy atom. The fourth-order valence-electron chi connectivity index (χ4n) is 2.10. The lowest BCUT2D eigenvalue weighted by Gasteiger charge is -2.09. The second kappa shape index (κ2) is 4.50. The van der Waals surface area contributed by atoms with Gasteiger partial charge in [0.15, 0.2) is 0 Å². The molecule has 0 aliphatic carbocycles. The highest BCUT2D eigenvalue weighted by Gasteiger charge is 2.13. The van der Waals surface area contributed by atoms with Crippen LogP contribution < -0.4 is 11.1 Å². The Labute approximate surface area is 112 Å². The molecule has 20 heavy (non-hydrogen) atoms. The number of furan rings is 1. The van der Waals surface area contributed by atoms with Crippen LogP contribution in [-0.2, 0) is 0 Å². The van der Waals surface area contributed by atoms with E-state index in [2.05, 4.69) is 9.97 Å². The average molecular weight is 272 g/mol. The van der Waals surface area contributed by atoms with Gasteiger partial charge >= 0.3 is 11.1 Å². The van der Waals surface area contributed by atoms with Crippen LogP contribution in [0.5, 0.6) is 0 Å². The van der Waals surface area contributed by atoms with Crippen LogP contribution in [0.1, 0.15) is 23.0 Å². The van der Waals surface area contributed by atoms with Crippen LogP contribution in [0.25, 0.3) is 11.0 Å². The maximum atomic E-state index is 11.3. The number of aryl methyl sites for hydroxylation is 1.